The summed E-state index contributed by atoms with van der Waals surface area (Å²) in [6.07, 6.45) is -0.204. The number of carbonyl (C=O) groups excluding carboxylic acids is 3. The number of fused-ring (bicyclic) bond motifs is 1. The molecule has 3 aromatic rings. The molecule has 0 radical (unpaired) electrons. The molecular formula is C20H13FN4O5S. The van der Waals surface area contributed by atoms with Crippen molar-refractivity contribution < 1.29 is 23.7 Å². The molecule has 3 amide bonds. The van der Waals surface area contributed by atoms with Gasteiger partial charge in [-0.3, -0.25) is 29.4 Å². The van der Waals surface area contributed by atoms with Crippen LogP contribution in [-0.4, -0.2) is 39.1 Å². The van der Waals surface area contributed by atoms with Crippen molar-refractivity contribution in [1.29, 1.82) is 0 Å². The first-order valence-electron chi connectivity index (χ1n) is 9.00. The summed E-state index contributed by atoms with van der Waals surface area (Å²) in [4.78, 5) is 52.8. The SMILES string of the molecule is O=C(CCN1C(=O)c2cccc([N+](=O)[O-])c2C1=O)Nc1nc(-c2ccc(F)cc2)cs1. The second-order valence-electron chi connectivity index (χ2n) is 6.56. The van der Waals surface area contributed by atoms with E-state index in [0.29, 0.717) is 16.4 Å². The number of aromatic nitrogens is 1. The van der Waals surface area contributed by atoms with Crippen molar-refractivity contribution in [3.63, 3.8) is 0 Å². The molecule has 4 rings (SSSR count). The summed E-state index contributed by atoms with van der Waals surface area (Å²) in [7, 11) is 0. The van der Waals surface area contributed by atoms with E-state index in [1.54, 1.807) is 17.5 Å². The van der Waals surface area contributed by atoms with Crippen LogP contribution in [0.4, 0.5) is 15.2 Å². The molecular weight excluding hydrogens is 427 g/mol. The zero-order valence-electron chi connectivity index (χ0n) is 15.7. The van der Waals surface area contributed by atoms with E-state index in [-0.39, 0.29) is 29.9 Å². The minimum atomic E-state index is -0.798. The Morgan fingerprint density at radius 3 is 2.61 bits per heavy atom. The van der Waals surface area contributed by atoms with E-state index in [9.17, 15) is 28.9 Å². The quantitative estimate of drug-likeness (QED) is 0.356. The lowest BCUT2D eigenvalue weighted by Crippen LogP contribution is -2.33. The maximum absolute atomic E-state index is 13.0. The van der Waals surface area contributed by atoms with Gasteiger partial charge >= 0.3 is 0 Å². The normalized spacial score (nSPS) is 12.7. The van der Waals surface area contributed by atoms with Crippen LogP contribution in [0, 0.1) is 15.9 Å². The third kappa shape index (κ3) is 3.90. The van der Waals surface area contributed by atoms with Crippen molar-refractivity contribution in [2.75, 3.05) is 11.9 Å². The summed E-state index contributed by atoms with van der Waals surface area (Å²) in [5.74, 6) is -2.32. The number of halogens is 1. The van der Waals surface area contributed by atoms with Crippen molar-refractivity contribution in [2.45, 2.75) is 6.42 Å². The van der Waals surface area contributed by atoms with E-state index in [2.05, 4.69) is 10.3 Å². The highest BCUT2D eigenvalue weighted by Crippen LogP contribution is 2.31. The van der Waals surface area contributed by atoms with E-state index >= 15 is 0 Å². The molecule has 31 heavy (non-hydrogen) atoms. The van der Waals surface area contributed by atoms with Gasteiger partial charge in [0, 0.05) is 30.0 Å². The van der Waals surface area contributed by atoms with E-state index in [1.807, 2.05) is 0 Å². The molecule has 1 aliphatic rings. The average molecular weight is 440 g/mol. The minimum absolute atomic E-state index is 0.0523. The van der Waals surface area contributed by atoms with Crippen LogP contribution in [0.25, 0.3) is 11.3 Å². The first-order chi connectivity index (χ1) is 14.8. The first-order valence-corrected chi connectivity index (χ1v) is 9.88. The van der Waals surface area contributed by atoms with Crippen molar-refractivity contribution in [1.82, 2.24) is 9.88 Å². The number of benzene rings is 2. The summed E-state index contributed by atoms with van der Waals surface area (Å²) < 4.78 is 13.0. The third-order valence-electron chi connectivity index (χ3n) is 4.63. The summed E-state index contributed by atoms with van der Waals surface area (Å²) in [5.41, 5.74) is 0.489. The smallest absolute Gasteiger partial charge is 0.282 e. The molecule has 2 aromatic carbocycles. The zero-order valence-corrected chi connectivity index (χ0v) is 16.5. The van der Waals surface area contributed by atoms with Crippen LogP contribution in [0.3, 0.4) is 0 Å². The minimum Gasteiger partial charge on any atom is -0.302 e. The van der Waals surface area contributed by atoms with Gasteiger partial charge in [-0.15, -0.1) is 11.3 Å². The Morgan fingerprint density at radius 2 is 1.90 bits per heavy atom. The molecule has 1 aliphatic heterocycles. The number of rotatable bonds is 6. The Balaban J connectivity index is 1.40. The molecule has 1 N–H and O–H groups in total. The lowest BCUT2D eigenvalue weighted by molar-refractivity contribution is -0.385. The Kier molecular flexibility index (Phi) is 5.26. The van der Waals surface area contributed by atoms with Crippen LogP contribution in [0.5, 0.6) is 0 Å². The summed E-state index contributed by atoms with van der Waals surface area (Å²) >= 11 is 1.17. The molecule has 0 saturated carbocycles. The number of nitrogens with one attached hydrogen (secondary N) is 1. The van der Waals surface area contributed by atoms with Crippen molar-refractivity contribution >= 4 is 39.9 Å². The van der Waals surface area contributed by atoms with E-state index < -0.39 is 28.3 Å². The van der Waals surface area contributed by atoms with Gasteiger partial charge in [-0.2, -0.15) is 0 Å². The Bertz CT molecular complexity index is 1220. The maximum Gasteiger partial charge on any atom is 0.282 e. The highest BCUT2D eigenvalue weighted by Gasteiger charge is 2.40. The molecule has 156 valence electrons. The van der Waals surface area contributed by atoms with Crippen LogP contribution in [0.2, 0.25) is 0 Å². The van der Waals surface area contributed by atoms with Gasteiger partial charge in [0.05, 0.1) is 16.2 Å². The Hall–Kier alpha value is -3.99. The fraction of sp³-hybridized carbons (Fsp3) is 0.100. The van der Waals surface area contributed by atoms with E-state index in [4.69, 9.17) is 0 Å². The maximum atomic E-state index is 13.0. The topological polar surface area (TPSA) is 123 Å². The van der Waals surface area contributed by atoms with E-state index in [0.717, 1.165) is 11.0 Å². The Labute approximate surface area is 178 Å². The highest BCUT2D eigenvalue weighted by atomic mass is 32.1. The van der Waals surface area contributed by atoms with Gasteiger partial charge < -0.3 is 5.32 Å². The molecule has 0 saturated heterocycles. The lowest BCUT2D eigenvalue weighted by Gasteiger charge is -2.12. The second kappa shape index (κ2) is 8.03. The number of amides is 3. The number of anilines is 1. The molecule has 9 nitrogen and oxygen atoms in total. The van der Waals surface area contributed by atoms with Crippen LogP contribution >= 0.6 is 11.3 Å². The number of nitro benzene ring substituents is 1. The summed E-state index contributed by atoms with van der Waals surface area (Å²) in [6.45, 7) is -0.231. The molecule has 0 spiro atoms. The largest absolute Gasteiger partial charge is 0.302 e. The number of imide groups is 1. The second-order valence-corrected chi connectivity index (χ2v) is 7.42. The molecule has 1 aromatic heterocycles. The third-order valence-corrected chi connectivity index (χ3v) is 5.38. The van der Waals surface area contributed by atoms with Crippen molar-refractivity contribution in [3.8, 4) is 11.3 Å². The van der Waals surface area contributed by atoms with Crippen molar-refractivity contribution in [2.24, 2.45) is 0 Å². The van der Waals surface area contributed by atoms with Gasteiger partial charge in [0.2, 0.25) is 5.91 Å². The van der Waals surface area contributed by atoms with Gasteiger partial charge in [0.1, 0.15) is 11.4 Å². The van der Waals surface area contributed by atoms with Crippen LogP contribution in [-0.2, 0) is 4.79 Å². The van der Waals surface area contributed by atoms with Gasteiger partial charge in [-0.1, -0.05) is 6.07 Å². The number of thiazole rings is 1. The first kappa shape index (κ1) is 20.3. The van der Waals surface area contributed by atoms with Gasteiger partial charge in [-0.25, -0.2) is 9.37 Å². The molecule has 0 bridgehead atoms. The summed E-state index contributed by atoms with van der Waals surface area (Å²) in [5, 5.41) is 15.7. The summed E-state index contributed by atoms with van der Waals surface area (Å²) in [6, 6.07) is 9.57. The monoisotopic (exact) mass is 440 g/mol. The van der Waals surface area contributed by atoms with Gasteiger partial charge in [0.25, 0.3) is 17.5 Å². The number of nitrogens with zero attached hydrogens (tertiary/aromatic N) is 3. The zero-order chi connectivity index (χ0) is 22.1. The molecule has 2 heterocycles. The van der Waals surface area contributed by atoms with Crippen LogP contribution in [0.1, 0.15) is 27.1 Å². The van der Waals surface area contributed by atoms with Gasteiger partial charge in [-0.05, 0) is 30.3 Å². The fourth-order valence-electron chi connectivity index (χ4n) is 3.15. The molecule has 0 fully saturated rings. The lowest BCUT2D eigenvalue weighted by atomic mass is 10.1. The molecule has 0 atom stereocenters. The van der Waals surface area contributed by atoms with E-state index in [1.165, 1.54) is 35.6 Å². The predicted octanol–water partition coefficient (Wildman–Crippen LogP) is 3.48. The number of nitro groups is 1. The number of hydrogen-bond donors (Lipinski definition) is 1. The standard InChI is InChI=1S/C20H13FN4O5S/c21-12-6-4-11(5-7-12)14-10-31-20(22-14)23-16(26)8-9-24-18(27)13-2-1-3-15(25(29)30)17(13)19(24)28/h1-7,10H,8-9H2,(H,22,23,26). The predicted molar refractivity (Wildman–Crippen MR) is 109 cm³/mol. The Morgan fingerprint density at radius 1 is 1.16 bits per heavy atom. The molecule has 0 aliphatic carbocycles. The fourth-order valence-corrected chi connectivity index (χ4v) is 3.89. The van der Waals surface area contributed by atoms with Crippen molar-refractivity contribution in [3.05, 3.63) is 74.9 Å². The number of hydrogen-bond acceptors (Lipinski definition) is 7. The average Bonchev–Trinajstić information content (AvgIpc) is 3.30. The van der Waals surface area contributed by atoms with Gasteiger partial charge in [0.15, 0.2) is 5.13 Å². The highest BCUT2D eigenvalue weighted by molar-refractivity contribution is 7.14. The molecule has 11 heteroatoms. The number of carbonyl (C=O) groups is 3. The molecule has 0 unspecified atom stereocenters. The van der Waals surface area contributed by atoms with Crippen LogP contribution < -0.4 is 5.32 Å². The van der Waals surface area contributed by atoms with Crippen LogP contribution in [0.15, 0.2) is 47.8 Å².